The second-order valence-corrected chi connectivity index (χ2v) is 12.9. The number of anilines is 1. The molecule has 0 saturated carbocycles. The van der Waals surface area contributed by atoms with Crippen molar-refractivity contribution in [1.29, 1.82) is 0 Å². The standard InChI is InChI=1S/C20H18N4S.C18H18N4O.H3N/c1-3-14(19-21-7-8-22-19)4-2-13(1)17-11-15-5-6-16(12-18(15)25-17)20-23-9-10-24-20;19-9-11-1-3-15-12(5-11)7-16(22-15)18-8-13-6-14(21-10-20)2-4-17(13)23-18;/h1-6,11-12H,7-10H2,(H,21,22)(H,23,24);1-8,21-22H,9-10,19-20H2;1H3. The van der Waals surface area contributed by atoms with Crippen molar-refractivity contribution in [1.82, 2.24) is 21.8 Å². The van der Waals surface area contributed by atoms with Gasteiger partial charge in [0.15, 0.2) is 5.76 Å². The van der Waals surface area contributed by atoms with Crippen molar-refractivity contribution in [2.75, 3.05) is 38.2 Å². The molecule has 0 fully saturated rings. The first-order valence-corrected chi connectivity index (χ1v) is 17.0. The normalized spacial score (nSPS) is 13.8. The molecule has 11 heteroatoms. The van der Waals surface area contributed by atoms with Gasteiger partial charge >= 0.3 is 0 Å². The average molecular weight is 670 g/mol. The molecule has 248 valence electrons. The molecule has 2 aliphatic rings. The quantitative estimate of drug-likeness (QED) is 0.0913. The number of nitrogens with zero attached hydrogens (tertiary/aromatic N) is 2. The molecule has 0 unspecified atom stereocenters. The summed E-state index contributed by atoms with van der Waals surface area (Å²) in [6.45, 7) is 4.57. The van der Waals surface area contributed by atoms with Crippen LogP contribution in [0.3, 0.4) is 0 Å². The molecule has 0 spiro atoms. The Morgan fingerprint density at radius 3 is 2.20 bits per heavy atom. The van der Waals surface area contributed by atoms with Crippen LogP contribution in [0.1, 0.15) is 16.7 Å². The molecule has 0 amide bonds. The maximum atomic E-state index is 5.96. The van der Waals surface area contributed by atoms with Crippen molar-refractivity contribution in [3.05, 3.63) is 114 Å². The third-order valence-electron chi connectivity index (χ3n) is 8.59. The Bertz CT molecular complexity index is 2310. The van der Waals surface area contributed by atoms with Crippen LogP contribution in [0.25, 0.3) is 53.9 Å². The number of rotatable bonds is 7. The molecule has 0 aliphatic carbocycles. The van der Waals surface area contributed by atoms with E-state index in [2.05, 4.69) is 91.6 Å². The molecule has 2 aliphatic heterocycles. The molecular weight excluding hydrogens is 631 g/mol. The summed E-state index contributed by atoms with van der Waals surface area (Å²) in [6, 6.07) is 33.8. The maximum Gasteiger partial charge on any atom is 0.151 e. The molecule has 7 aromatic rings. The number of aromatic amines is 1. The fourth-order valence-corrected chi connectivity index (χ4v) is 7.25. The fourth-order valence-electron chi connectivity index (χ4n) is 6.14. The SMILES string of the molecule is N.NCNc1ccc2oc(-c3cc4cc(CN)ccc4[nH]3)cc2c1.c1cc(-c2cc3ccc(C4=NCCN4)cc3s2)ccc1C1=NCCN1. The van der Waals surface area contributed by atoms with Crippen LogP contribution in [0.4, 0.5) is 5.69 Å². The van der Waals surface area contributed by atoms with E-state index in [4.69, 9.17) is 15.9 Å². The number of benzene rings is 4. The Kier molecular flexibility index (Phi) is 9.14. The second-order valence-electron chi connectivity index (χ2n) is 11.8. The Morgan fingerprint density at radius 2 is 1.47 bits per heavy atom. The minimum Gasteiger partial charge on any atom is -0.455 e. The molecule has 49 heavy (non-hydrogen) atoms. The highest BCUT2D eigenvalue weighted by Crippen LogP contribution is 2.35. The molecule has 0 radical (unpaired) electrons. The number of hydrogen-bond donors (Lipinski definition) is 7. The summed E-state index contributed by atoms with van der Waals surface area (Å²) >= 11 is 1.83. The van der Waals surface area contributed by atoms with Gasteiger partial charge in [0.1, 0.15) is 17.3 Å². The van der Waals surface area contributed by atoms with Crippen LogP contribution in [0, 0.1) is 0 Å². The van der Waals surface area contributed by atoms with Gasteiger partial charge < -0.3 is 43.0 Å². The van der Waals surface area contributed by atoms with Crippen LogP contribution in [0.2, 0.25) is 0 Å². The molecule has 10 nitrogen and oxygen atoms in total. The van der Waals surface area contributed by atoms with Gasteiger partial charge in [0.05, 0.1) is 25.5 Å². The monoisotopic (exact) mass is 669 g/mol. The van der Waals surface area contributed by atoms with E-state index in [-0.39, 0.29) is 6.15 Å². The highest BCUT2D eigenvalue weighted by molar-refractivity contribution is 7.22. The minimum atomic E-state index is 0. The summed E-state index contributed by atoms with van der Waals surface area (Å²) in [5.74, 6) is 2.85. The number of aliphatic imine (C=N–C) groups is 2. The summed E-state index contributed by atoms with van der Waals surface area (Å²) in [4.78, 5) is 13.7. The van der Waals surface area contributed by atoms with Crippen molar-refractivity contribution >= 4 is 60.7 Å². The van der Waals surface area contributed by atoms with Gasteiger partial charge in [0, 0.05) is 62.3 Å². The van der Waals surface area contributed by atoms with Crippen LogP contribution in [0.5, 0.6) is 0 Å². The number of furan rings is 1. The van der Waals surface area contributed by atoms with Crippen molar-refractivity contribution in [2.24, 2.45) is 21.5 Å². The van der Waals surface area contributed by atoms with Gasteiger partial charge in [0.2, 0.25) is 0 Å². The molecule has 5 heterocycles. The van der Waals surface area contributed by atoms with Crippen molar-refractivity contribution in [2.45, 2.75) is 6.54 Å². The zero-order valence-corrected chi connectivity index (χ0v) is 27.9. The first-order valence-electron chi connectivity index (χ1n) is 16.1. The third kappa shape index (κ3) is 6.65. The zero-order chi connectivity index (χ0) is 32.5. The zero-order valence-electron chi connectivity index (χ0n) is 27.1. The van der Waals surface area contributed by atoms with Crippen LogP contribution in [0.15, 0.2) is 111 Å². The van der Waals surface area contributed by atoms with Gasteiger partial charge in [-0.15, -0.1) is 11.3 Å². The molecule has 0 saturated heterocycles. The van der Waals surface area contributed by atoms with Crippen molar-refractivity contribution in [3.8, 4) is 21.9 Å². The van der Waals surface area contributed by atoms with Gasteiger partial charge in [-0.2, -0.15) is 0 Å². The van der Waals surface area contributed by atoms with Crippen molar-refractivity contribution in [3.63, 3.8) is 0 Å². The number of thiophene rings is 1. The van der Waals surface area contributed by atoms with Crippen LogP contribution < -0.4 is 33.6 Å². The molecule has 11 N–H and O–H groups in total. The van der Waals surface area contributed by atoms with Gasteiger partial charge in [-0.1, -0.05) is 42.5 Å². The van der Waals surface area contributed by atoms with E-state index in [0.717, 1.165) is 88.0 Å². The van der Waals surface area contributed by atoms with Crippen LogP contribution in [-0.4, -0.2) is 49.5 Å². The second kappa shape index (κ2) is 14.0. The highest BCUT2D eigenvalue weighted by Gasteiger charge is 2.13. The minimum absolute atomic E-state index is 0. The van der Waals surface area contributed by atoms with Gasteiger partial charge in [-0.25, -0.2) is 0 Å². The lowest BCUT2D eigenvalue weighted by Gasteiger charge is -2.03. The van der Waals surface area contributed by atoms with E-state index in [1.54, 1.807) is 0 Å². The Labute approximate surface area is 287 Å². The molecule has 0 bridgehead atoms. The summed E-state index contributed by atoms with van der Waals surface area (Å²) in [5, 5.41) is 13.2. The van der Waals surface area contributed by atoms with E-state index in [1.165, 1.54) is 26.1 Å². The molecular formula is C38H39N9OS. The molecule has 4 aromatic carbocycles. The number of H-pyrrole nitrogens is 1. The lowest BCUT2D eigenvalue weighted by molar-refractivity contribution is 0.629. The number of fused-ring (bicyclic) bond motifs is 3. The lowest BCUT2D eigenvalue weighted by Crippen LogP contribution is -2.19. The number of nitrogens with two attached hydrogens (primary N) is 2. The predicted molar refractivity (Wildman–Crippen MR) is 205 cm³/mol. The maximum absolute atomic E-state index is 5.96. The van der Waals surface area contributed by atoms with E-state index < -0.39 is 0 Å². The van der Waals surface area contributed by atoms with Gasteiger partial charge in [0.25, 0.3) is 0 Å². The average Bonchev–Trinajstić information content (AvgIpc) is 3.97. The lowest BCUT2D eigenvalue weighted by atomic mass is 10.1. The number of amidine groups is 2. The first-order chi connectivity index (χ1) is 23.6. The Morgan fingerprint density at radius 1 is 0.714 bits per heavy atom. The number of aromatic nitrogens is 1. The summed E-state index contributed by atoms with van der Waals surface area (Å²) in [6.07, 6.45) is 0. The molecule has 9 rings (SSSR count). The summed E-state index contributed by atoms with van der Waals surface area (Å²) in [5.41, 5.74) is 19.8. The van der Waals surface area contributed by atoms with Crippen LogP contribution in [-0.2, 0) is 6.54 Å². The molecule has 3 aromatic heterocycles. The molecule has 0 atom stereocenters. The third-order valence-corrected chi connectivity index (χ3v) is 9.74. The van der Waals surface area contributed by atoms with E-state index in [0.29, 0.717) is 13.2 Å². The topological polar surface area (TPSA) is 177 Å². The van der Waals surface area contributed by atoms with Gasteiger partial charge in [-0.05, 0) is 71.1 Å². The van der Waals surface area contributed by atoms with Crippen LogP contribution >= 0.6 is 11.3 Å². The first kappa shape index (κ1) is 32.1. The highest BCUT2D eigenvalue weighted by atomic mass is 32.1. The van der Waals surface area contributed by atoms with E-state index >= 15 is 0 Å². The Balaban J connectivity index is 0.000000152. The summed E-state index contributed by atoms with van der Waals surface area (Å²) < 4.78 is 7.26. The Hall–Kier alpha value is -5.46. The van der Waals surface area contributed by atoms with E-state index in [1.807, 2.05) is 47.7 Å². The van der Waals surface area contributed by atoms with Gasteiger partial charge in [-0.3, -0.25) is 9.98 Å². The number of nitrogens with one attached hydrogen (secondary N) is 4. The summed E-state index contributed by atoms with van der Waals surface area (Å²) in [7, 11) is 0. The largest absolute Gasteiger partial charge is 0.455 e. The fraction of sp³-hybridized carbons (Fsp3) is 0.158. The van der Waals surface area contributed by atoms with Crippen molar-refractivity contribution < 1.29 is 4.42 Å². The van der Waals surface area contributed by atoms with E-state index in [9.17, 15) is 0 Å². The predicted octanol–water partition coefficient (Wildman–Crippen LogP) is 6.80. The number of hydrogen-bond acceptors (Lipinski definition) is 10. The smallest absolute Gasteiger partial charge is 0.151 e.